The number of amides is 2. The molecule has 0 saturated heterocycles. The number of nitrogens with one attached hydrogen (secondary N) is 1. The van der Waals surface area contributed by atoms with E-state index in [2.05, 4.69) is 5.32 Å². The molecule has 166 valence electrons. The predicted molar refractivity (Wildman–Crippen MR) is 124 cm³/mol. The van der Waals surface area contributed by atoms with Gasteiger partial charge >= 0.3 is 0 Å². The van der Waals surface area contributed by atoms with E-state index in [0.29, 0.717) is 23.4 Å². The van der Waals surface area contributed by atoms with Crippen LogP contribution in [0, 0.1) is 23.1 Å². The highest BCUT2D eigenvalue weighted by atomic mass is 19.1. The molecule has 1 aliphatic rings. The van der Waals surface area contributed by atoms with Crippen LogP contribution in [0.25, 0.3) is 0 Å². The number of carbonyl (C=O) groups excluding carboxylic acids is 2. The zero-order chi connectivity index (χ0) is 23.5. The van der Waals surface area contributed by atoms with E-state index >= 15 is 0 Å². The molecule has 4 rings (SSSR count). The van der Waals surface area contributed by atoms with Crippen molar-refractivity contribution < 1.29 is 14.0 Å². The SMILES string of the molecule is CC(C)CN1C(=O)c2ccccc2[C@H](C(=O)Nc2ccc(F)c(C#N)c2)[C@H]1c1ccccc1. The van der Waals surface area contributed by atoms with Crippen molar-refractivity contribution in [2.75, 3.05) is 11.9 Å². The Morgan fingerprint density at radius 1 is 1.09 bits per heavy atom. The fourth-order valence-electron chi connectivity index (χ4n) is 4.40. The molecule has 2 atom stereocenters. The number of hydrogen-bond donors (Lipinski definition) is 1. The molecule has 3 aromatic rings. The summed E-state index contributed by atoms with van der Waals surface area (Å²) in [6.07, 6.45) is 0. The molecule has 33 heavy (non-hydrogen) atoms. The van der Waals surface area contributed by atoms with Gasteiger partial charge in [0.05, 0.1) is 17.5 Å². The van der Waals surface area contributed by atoms with Crippen molar-refractivity contribution in [2.45, 2.75) is 25.8 Å². The Balaban J connectivity index is 1.83. The van der Waals surface area contributed by atoms with Crippen molar-refractivity contribution in [3.8, 4) is 6.07 Å². The number of fused-ring (bicyclic) bond motifs is 1. The van der Waals surface area contributed by atoms with Gasteiger partial charge in [-0.1, -0.05) is 62.4 Å². The Hall–Kier alpha value is -3.98. The van der Waals surface area contributed by atoms with Crippen LogP contribution in [0.3, 0.4) is 0 Å². The summed E-state index contributed by atoms with van der Waals surface area (Å²) in [5.41, 5.74) is 2.19. The number of hydrogen-bond acceptors (Lipinski definition) is 3. The van der Waals surface area contributed by atoms with Gasteiger partial charge < -0.3 is 10.2 Å². The van der Waals surface area contributed by atoms with Crippen LogP contribution in [0.5, 0.6) is 0 Å². The van der Waals surface area contributed by atoms with Gasteiger partial charge in [0, 0.05) is 17.8 Å². The van der Waals surface area contributed by atoms with Crippen LogP contribution in [0.1, 0.15) is 52.9 Å². The molecular formula is C27H24FN3O2. The van der Waals surface area contributed by atoms with Crippen LogP contribution in [0.2, 0.25) is 0 Å². The van der Waals surface area contributed by atoms with E-state index in [1.165, 1.54) is 12.1 Å². The second-order valence-corrected chi connectivity index (χ2v) is 8.57. The van der Waals surface area contributed by atoms with Crippen molar-refractivity contribution in [1.29, 1.82) is 5.26 Å². The number of nitrogens with zero attached hydrogens (tertiary/aromatic N) is 2. The molecule has 1 heterocycles. The molecule has 5 nitrogen and oxygen atoms in total. The molecule has 3 aromatic carbocycles. The maximum absolute atomic E-state index is 13.8. The lowest BCUT2D eigenvalue weighted by molar-refractivity contribution is -0.119. The van der Waals surface area contributed by atoms with Gasteiger partial charge in [0.15, 0.2) is 0 Å². The van der Waals surface area contributed by atoms with Gasteiger partial charge in [-0.15, -0.1) is 0 Å². The molecule has 0 aromatic heterocycles. The highest BCUT2D eigenvalue weighted by Gasteiger charge is 2.44. The zero-order valence-electron chi connectivity index (χ0n) is 18.5. The first-order valence-electron chi connectivity index (χ1n) is 10.9. The lowest BCUT2D eigenvalue weighted by Crippen LogP contribution is -2.47. The first-order valence-corrected chi connectivity index (χ1v) is 10.9. The van der Waals surface area contributed by atoms with Gasteiger partial charge in [-0.3, -0.25) is 9.59 Å². The van der Waals surface area contributed by atoms with E-state index in [4.69, 9.17) is 5.26 Å². The minimum absolute atomic E-state index is 0.106. The molecule has 0 saturated carbocycles. The lowest BCUT2D eigenvalue weighted by Gasteiger charge is -2.42. The van der Waals surface area contributed by atoms with Crippen LogP contribution in [-0.4, -0.2) is 23.3 Å². The van der Waals surface area contributed by atoms with Crippen LogP contribution >= 0.6 is 0 Å². The highest BCUT2D eigenvalue weighted by Crippen LogP contribution is 2.43. The molecule has 2 amide bonds. The maximum atomic E-state index is 13.8. The van der Waals surface area contributed by atoms with Crippen molar-refractivity contribution >= 4 is 17.5 Å². The molecule has 0 bridgehead atoms. The molecular weight excluding hydrogens is 417 g/mol. The molecule has 0 fully saturated rings. The van der Waals surface area contributed by atoms with Gasteiger partial charge in [-0.25, -0.2) is 4.39 Å². The summed E-state index contributed by atoms with van der Waals surface area (Å²) in [4.78, 5) is 29.0. The molecule has 0 spiro atoms. The summed E-state index contributed by atoms with van der Waals surface area (Å²) in [5, 5.41) is 12.0. The number of carbonyl (C=O) groups is 2. The molecule has 1 aliphatic heterocycles. The van der Waals surface area contributed by atoms with Gasteiger partial charge in [0.25, 0.3) is 5.91 Å². The van der Waals surface area contributed by atoms with E-state index in [0.717, 1.165) is 11.6 Å². The minimum atomic E-state index is -0.685. The summed E-state index contributed by atoms with van der Waals surface area (Å²) in [6.45, 7) is 4.56. The zero-order valence-corrected chi connectivity index (χ0v) is 18.5. The van der Waals surface area contributed by atoms with E-state index in [1.54, 1.807) is 23.1 Å². The third-order valence-electron chi connectivity index (χ3n) is 5.78. The van der Waals surface area contributed by atoms with Gasteiger partial charge in [-0.05, 0) is 41.3 Å². The number of halogens is 1. The standard InChI is InChI=1S/C27H24FN3O2/c1-17(2)16-31-25(18-8-4-3-5-9-18)24(21-10-6-7-11-22(21)27(31)33)26(32)30-20-12-13-23(28)19(14-20)15-29/h3-14,17,24-25H,16H2,1-2H3,(H,30,32)/t24-,25+/m0/s1. The third kappa shape index (κ3) is 4.35. The normalized spacial score (nSPS) is 17.4. The van der Waals surface area contributed by atoms with Gasteiger partial charge in [0.1, 0.15) is 11.9 Å². The second-order valence-electron chi connectivity index (χ2n) is 8.57. The topological polar surface area (TPSA) is 73.2 Å². The van der Waals surface area contributed by atoms with Crippen LogP contribution in [0.15, 0.2) is 72.8 Å². The van der Waals surface area contributed by atoms with E-state index < -0.39 is 17.8 Å². The fourth-order valence-corrected chi connectivity index (χ4v) is 4.40. The first-order chi connectivity index (χ1) is 15.9. The second kappa shape index (κ2) is 9.25. The summed E-state index contributed by atoms with van der Waals surface area (Å²) in [6, 6.07) is 21.9. The number of rotatable bonds is 5. The molecule has 6 heteroatoms. The van der Waals surface area contributed by atoms with Crippen molar-refractivity contribution in [2.24, 2.45) is 5.92 Å². The Bertz CT molecular complexity index is 1230. The lowest BCUT2D eigenvalue weighted by atomic mass is 9.78. The number of nitriles is 1. The third-order valence-corrected chi connectivity index (χ3v) is 5.78. The van der Waals surface area contributed by atoms with Gasteiger partial charge in [0.2, 0.25) is 5.91 Å². The van der Waals surface area contributed by atoms with Crippen molar-refractivity contribution in [3.05, 3.63) is 101 Å². The van der Waals surface area contributed by atoms with Crippen LogP contribution in [0.4, 0.5) is 10.1 Å². The Morgan fingerprint density at radius 2 is 1.79 bits per heavy atom. The van der Waals surface area contributed by atoms with E-state index in [9.17, 15) is 14.0 Å². The monoisotopic (exact) mass is 441 g/mol. The average molecular weight is 442 g/mol. The Labute approximate surface area is 192 Å². The summed E-state index contributed by atoms with van der Waals surface area (Å²) >= 11 is 0. The van der Waals surface area contributed by atoms with Crippen molar-refractivity contribution in [1.82, 2.24) is 4.90 Å². The summed E-state index contributed by atoms with van der Waals surface area (Å²) < 4.78 is 13.8. The molecule has 0 radical (unpaired) electrons. The van der Waals surface area contributed by atoms with E-state index in [-0.39, 0.29) is 23.3 Å². The predicted octanol–water partition coefficient (Wildman–Crippen LogP) is 5.27. The minimum Gasteiger partial charge on any atom is -0.330 e. The average Bonchev–Trinajstić information content (AvgIpc) is 2.82. The Kier molecular flexibility index (Phi) is 6.23. The van der Waals surface area contributed by atoms with Crippen LogP contribution in [-0.2, 0) is 4.79 Å². The van der Waals surface area contributed by atoms with E-state index in [1.807, 2.05) is 56.3 Å². The quantitative estimate of drug-likeness (QED) is 0.586. The molecule has 1 N–H and O–H groups in total. The number of benzene rings is 3. The number of anilines is 1. The largest absolute Gasteiger partial charge is 0.330 e. The summed E-state index contributed by atoms with van der Waals surface area (Å²) in [7, 11) is 0. The Morgan fingerprint density at radius 3 is 2.48 bits per heavy atom. The molecule has 0 unspecified atom stereocenters. The van der Waals surface area contributed by atoms with Crippen molar-refractivity contribution in [3.63, 3.8) is 0 Å². The fraction of sp³-hybridized carbons (Fsp3) is 0.222. The van der Waals surface area contributed by atoms with Crippen LogP contribution < -0.4 is 5.32 Å². The molecule has 0 aliphatic carbocycles. The maximum Gasteiger partial charge on any atom is 0.254 e. The smallest absolute Gasteiger partial charge is 0.254 e. The first kappa shape index (κ1) is 22.2. The van der Waals surface area contributed by atoms with Gasteiger partial charge in [-0.2, -0.15) is 5.26 Å². The summed E-state index contributed by atoms with van der Waals surface area (Å²) in [5.74, 6) is -1.56. The highest BCUT2D eigenvalue weighted by molar-refractivity contribution is 6.04.